The first kappa shape index (κ1) is 21.2. The van der Waals surface area contributed by atoms with Gasteiger partial charge in [-0.3, -0.25) is 14.8 Å². The summed E-state index contributed by atoms with van der Waals surface area (Å²) in [5.41, 5.74) is 1.82. The maximum absolute atomic E-state index is 13.3. The number of ether oxygens (including phenoxy) is 1. The monoisotopic (exact) mass is 417 g/mol. The van der Waals surface area contributed by atoms with Crippen LogP contribution in [0.25, 0.3) is 0 Å². The summed E-state index contributed by atoms with van der Waals surface area (Å²) in [6.45, 7) is 6.88. The molecule has 1 saturated carbocycles. The van der Waals surface area contributed by atoms with Gasteiger partial charge in [-0.1, -0.05) is 19.3 Å². The Labute approximate surface area is 178 Å². The van der Waals surface area contributed by atoms with E-state index in [1.54, 1.807) is 11.1 Å². The van der Waals surface area contributed by atoms with Crippen molar-refractivity contribution in [3.63, 3.8) is 0 Å². The van der Waals surface area contributed by atoms with Gasteiger partial charge in [-0.2, -0.15) is 5.10 Å². The van der Waals surface area contributed by atoms with E-state index in [4.69, 9.17) is 4.74 Å². The Bertz CT molecular complexity index is 722. The molecule has 30 heavy (non-hydrogen) atoms. The van der Waals surface area contributed by atoms with E-state index < -0.39 is 0 Å². The number of H-pyrrole nitrogens is 1. The highest BCUT2D eigenvalue weighted by Crippen LogP contribution is 2.33. The lowest BCUT2D eigenvalue weighted by Crippen LogP contribution is -2.56. The molecule has 1 unspecified atom stereocenters. The lowest BCUT2D eigenvalue weighted by atomic mass is 9.85. The van der Waals surface area contributed by atoms with Crippen LogP contribution >= 0.6 is 0 Å². The molecule has 3 aliphatic rings. The molecule has 1 N–H and O–H groups in total. The number of rotatable bonds is 4. The van der Waals surface area contributed by atoms with E-state index in [1.165, 1.54) is 19.3 Å². The number of aromatic nitrogens is 2. The minimum Gasteiger partial charge on any atom is -0.450 e. The third-order valence-electron chi connectivity index (χ3n) is 6.95. The summed E-state index contributed by atoms with van der Waals surface area (Å²) < 4.78 is 5.12. The van der Waals surface area contributed by atoms with E-state index in [-0.39, 0.29) is 12.0 Å². The highest BCUT2D eigenvalue weighted by Gasteiger charge is 2.33. The standard InChI is InChI=1S/C22H35N5O3/c1-2-30-22(29)26-13-11-25(12-14-26)18-9-6-10-27(16-18)21(28)19-15-23-24-20(19)17-7-4-3-5-8-17/h15,17-18H,2-14,16H2,1H3,(H,23,24). The highest BCUT2D eigenvalue weighted by atomic mass is 16.6. The van der Waals surface area contributed by atoms with Gasteiger partial charge >= 0.3 is 6.09 Å². The van der Waals surface area contributed by atoms with Crippen molar-refractivity contribution >= 4 is 12.0 Å². The zero-order valence-corrected chi connectivity index (χ0v) is 18.1. The fourth-order valence-corrected chi connectivity index (χ4v) is 5.26. The SMILES string of the molecule is CCOC(=O)N1CCN(C2CCCN(C(=O)c3cn[nH]c3C3CCCCC3)C2)CC1. The summed E-state index contributed by atoms with van der Waals surface area (Å²) in [5.74, 6) is 0.566. The largest absolute Gasteiger partial charge is 0.450 e. The van der Waals surface area contributed by atoms with Gasteiger partial charge < -0.3 is 14.5 Å². The molecule has 3 fully saturated rings. The van der Waals surface area contributed by atoms with E-state index in [0.717, 1.165) is 63.1 Å². The quantitative estimate of drug-likeness (QED) is 0.815. The van der Waals surface area contributed by atoms with Crippen LogP contribution in [-0.2, 0) is 4.74 Å². The van der Waals surface area contributed by atoms with Crippen LogP contribution in [-0.4, -0.2) is 88.8 Å². The Morgan fingerprint density at radius 2 is 1.80 bits per heavy atom. The lowest BCUT2D eigenvalue weighted by Gasteiger charge is -2.43. The molecule has 2 aliphatic heterocycles. The normalized spacial score (nSPS) is 24.1. The summed E-state index contributed by atoms with van der Waals surface area (Å²) in [7, 11) is 0. The summed E-state index contributed by atoms with van der Waals surface area (Å²) in [6.07, 6.45) is 9.70. The predicted octanol–water partition coefficient (Wildman–Crippen LogP) is 2.84. The van der Waals surface area contributed by atoms with Crippen LogP contribution in [0.5, 0.6) is 0 Å². The zero-order valence-electron chi connectivity index (χ0n) is 18.1. The average molecular weight is 418 g/mol. The molecule has 0 spiro atoms. The lowest BCUT2D eigenvalue weighted by molar-refractivity contribution is 0.0377. The second-order valence-corrected chi connectivity index (χ2v) is 8.80. The molecule has 3 heterocycles. The topological polar surface area (TPSA) is 81.8 Å². The van der Waals surface area contributed by atoms with Crippen molar-refractivity contribution < 1.29 is 14.3 Å². The van der Waals surface area contributed by atoms with Crippen molar-refractivity contribution in [1.82, 2.24) is 24.9 Å². The van der Waals surface area contributed by atoms with E-state index in [9.17, 15) is 9.59 Å². The van der Waals surface area contributed by atoms with Gasteiger partial charge in [0, 0.05) is 51.2 Å². The number of aromatic amines is 1. The van der Waals surface area contributed by atoms with Gasteiger partial charge in [0.05, 0.1) is 24.1 Å². The van der Waals surface area contributed by atoms with Gasteiger partial charge in [-0.05, 0) is 32.6 Å². The molecule has 1 atom stereocenters. The number of amides is 2. The molecule has 1 aromatic heterocycles. The molecular formula is C22H35N5O3. The smallest absolute Gasteiger partial charge is 0.409 e. The Hall–Kier alpha value is -2.09. The molecule has 8 heteroatoms. The fraction of sp³-hybridized carbons (Fsp3) is 0.773. The minimum absolute atomic E-state index is 0.124. The van der Waals surface area contributed by atoms with Crippen molar-refractivity contribution in [2.24, 2.45) is 0 Å². The minimum atomic E-state index is -0.215. The van der Waals surface area contributed by atoms with Crippen molar-refractivity contribution in [1.29, 1.82) is 0 Å². The third-order valence-corrected chi connectivity index (χ3v) is 6.95. The highest BCUT2D eigenvalue weighted by molar-refractivity contribution is 5.95. The Balaban J connectivity index is 1.35. The number of hydrogen-bond donors (Lipinski definition) is 1. The number of nitrogens with one attached hydrogen (secondary N) is 1. The van der Waals surface area contributed by atoms with Crippen LogP contribution in [0.3, 0.4) is 0 Å². The molecule has 166 valence electrons. The van der Waals surface area contributed by atoms with Crippen molar-refractivity contribution in [3.05, 3.63) is 17.5 Å². The number of likely N-dealkylation sites (tertiary alicyclic amines) is 1. The van der Waals surface area contributed by atoms with Crippen molar-refractivity contribution in [3.8, 4) is 0 Å². The van der Waals surface area contributed by atoms with Crippen LogP contribution in [0.2, 0.25) is 0 Å². The molecular weight excluding hydrogens is 382 g/mol. The fourth-order valence-electron chi connectivity index (χ4n) is 5.26. The molecule has 0 radical (unpaired) electrons. The molecule has 8 nitrogen and oxygen atoms in total. The van der Waals surface area contributed by atoms with E-state index >= 15 is 0 Å². The summed E-state index contributed by atoms with van der Waals surface area (Å²) >= 11 is 0. The predicted molar refractivity (Wildman–Crippen MR) is 114 cm³/mol. The van der Waals surface area contributed by atoms with Crippen molar-refractivity contribution in [2.75, 3.05) is 45.9 Å². The van der Waals surface area contributed by atoms with Gasteiger partial charge in [0.1, 0.15) is 0 Å². The molecule has 2 amide bonds. The van der Waals surface area contributed by atoms with Gasteiger partial charge in [-0.25, -0.2) is 4.79 Å². The first-order valence-electron chi connectivity index (χ1n) is 11.7. The number of piperidine rings is 1. The van der Waals surface area contributed by atoms with Gasteiger partial charge in [0.15, 0.2) is 0 Å². The molecule has 1 aromatic rings. The van der Waals surface area contributed by atoms with Crippen LogP contribution < -0.4 is 0 Å². The second kappa shape index (κ2) is 9.81. The van der Waals surface area contributed by atoms with Crippen LogP contribution in [0, 0.1) is 0 Å². The van der Waals surface area contributed by atoms with Gasteiger partial charge in [-0.15, -0.1) is 0 Å². The molecule has 2 saturated heterocycles. The molecule has 0 aromatic carbocycles. The summed E-state index contributed by atoms with van der Waals surface area (Å²) in [6, 6.07) is 0.358. The van der Waals surface area contributed by atoms with Crippen LogP contribution in [0.15, 0.2) is 6.20 Å². The number of carbonyl (C=O) groups excluding carboxylic acids is 2. The van der Waals surface area contributed by atoms with Crippen LogP contribution in [0.4, 0.5) is 4.79 Å². The van der Waals surface area contributed by atoms with Gasteiger partial charge in [0.2, 0.25) is 0 Å². The Morgan fingerprint density at radius 1 is 1.03 bits per heavy atom. The number of piperazine rings is 1. The summed E-state index contributed by atoms with van der Waals surface area (Å²) in [5, 5.41) is 7.37. The maximum Gasteiger partial charge on any atom is 0.409 e. The maximum atomic E-state index is 13.3. The third kappa shape index (κ3) is 4.63. The van der Waals surface area contributed by atoms with E-state index in [2.05, 4.69) is 15.1 Å². The molecule has 0 bridgehead atoms. The van der Waals surface area contributed by atoms with E-state index in [1.807, 2.05) is 11.8 Å². The zero-order chi connectivity index (χ0) is 20.9. The molecule has 4 rings (SSSR count). The van der Waals surface area contributed by atoms with E-state index in [0.29, 0.717) is 31.7 Å². The Morgan fingerprint density at radius 3 is 2.53 bits per heavy atom. The Kier molecular flexibility index (Phi) is 6.92. The first-order valence-corrected chi connectivity index (χ1v) is 11.7. The first-order chi connectivity index (χ1) is 14.7. The average Bonchev–Trinajstić information content (AvgIpc) is 3.29. The number of nitrogens with zero attached hydrogens (tertiary/aromatic N) is 4. The van der Waals surface area contributed by atoms with Crippen LogP contribution in [0.1, 0.15) is 73.8 Å². The molecule has 1 aliphatic carbocycles. The number of carbonyl (C=O) groups is 2. The second-order valence-electron chi connectivity index (χ2n) is 8.80. The summed E-state index contributed by atoms with van der Waals surface area (Å²) in [4.78, 5) is 31.5. The number of hydrogen-bond acceptors (Lipinski definition) is 5. The van der Waals surface area contributed by atoms with Crippen molar-refractivity contribution in [2.45, 2.75) is 63.8 Å². The van der Waals surface area contributed by atoms with Gasteiger partial charge in [0.25, 0.3) is 5.91 Å².